The molecule has 0 saturated heterocycles. The van der Waals surface area contributed by atoms with Gasteiger partial charge in [-0.2, -0.15) is 0 Å². The van der Waals surface area contributed by atoms with Gasteiger partial charge in [-0.05, 0) is 44.0 Å². The van der Waals surface area contributed by atoms with E-state index in [-0.39, 0.29) is 18.8 Å². The van der Waals surface area contributed by atoms with Crippen LogP contribution in [0.25, 0.3) is 5.57 Å². The zero-order valence-electron chi connectivity index (χ0n) is 17.2. The Balaban J connectivity index is 2.18. The zero-order valence-corrected chi connectivity index (χ0v) is 17.2. The molecule has 0 fully saturated rings. The third kappa shape index (κ3) is 3.76. The second kappa shape index (κ2) is 8.49. The summed E-state index contributed by atoms with van der Waals surface area (Å²) < 4.78 is 5.65. The molecule has 3 rings (SSSR count). The van der Waals surface area contributed by atoms with Crippen LogP contribution in [0.15, 0.2) is 48.2 Å². The van der Waals surface area contributed by atoms with Crippen LogP contribution in [0, 0.1) is 13.8 Å². The van der Waals surface area contributed by atoms with Crippen LogP contribution in [0.2, 0.25) is 0 Å². The first-order valence-corrected chi connectivity index (χ1v) is 9.65. The van der Waals surface area contributed by atoms with E-state index in [0.29, 0.717) is 29.2 Å². The quantitative estimate of drug-likeness (QED) is 0.732. The van der Waals surface area contributed by atoms with Gasteiger partial charge < -0.3 is 14.7 Å². The van der Waals surface area contributed by atoms with Crippen LogP contribution in [0.1, 0.15) is 23.6 Å². The number of anilines is 1. The number of nitrogens with zero attached hydrogens (tertiary/aromatic N) is 2. The average Bonchev–Trinajstić information content (AvgIpc) is 2.93. The number of amides is 2. The smallest absolute Gasteiger partial charge is 0.282 e. The molecule has 0 aliphatic carbocycles. The van der Waals surface area contributed by atoms with Gasteiger partial charge in [0.05, 0.1) is 24.5 Å². The van der Waals surface area contributed by atoms with Gasteiger partial charge in [-0.1, -0.05) is 35.9 Å². The largest absolute Gasteiger partial charge is 0.492 e. The number of aliphatic hydroxyl groups excluding tert-OH is 1. The number of imide groups is 1. The van der Waals surface area contributed by atoms with E-state index in [9.17, 15) is 14.7 Å². The second-order valence-corrected chi connectivity index (χ2v) is 7.03. The molecule has 6 nitrogen and oxygen atoms in total. The minimum Gasteiger partial charge on any atom is -0.492 e. The molecule has 1 N–H and O–H groups in total. The first-order chi connectivity index (χ1) is 13.9. The van der Waals surface area contributed by atoms with Crippen molar-refractivity contribution in [1.82, 2.24) is 4.90 Å². The normalized spacial score (nSPS) is 14.0. The van der Waals surface area contributed by atoms with E-state index in [0.717, 1.165) is 11.1 Å². The summed E-state index contributed by atoms with van der Waals surface area (Å²) in [5.74, 6) is -0.343. The maximum Gasteiger partial charge on any atom is 0.282 e. The molecular formula is C23H26N2O4. The zero-order chi connectivity index (χ0) is 21.1. The molecule has 2 amide bonds. The maximum atomic E-state index is 13.5. The fourth-order valence-electron chi connectivity index (χ4n) is 3.61. The Morgan fingerprint density at radius 2 is 1.79 bits per heavy atom. The predicted molar refractivity (Wildman–Crippen MR) is 113 cm³/mol. The summed E-state index contributed by atoms with van der Waals surface area (Å²) in [6, 6.07) is 12.8. The Bertz CT molecular complexity index is 981. The lowest BCUT2D eigenvalue weighted by atomic mass is 9.97. The Morgan fingerprint density at radius 1 is 1.07 bits per heavy atom. The van der Waals surface area contributed by atoms with Gasteiger partial charge in [-0.15, -0.1) is 0 Å². The number of ether oxygens (including phenoxy) is 1. The number of para-hydroxylation sites is 2. The number of hydrogen-bond acceptors (Lipinski definition) is 5. The van der Waals surface area contributed by atoms with E-state index in [1.54, 1.807) is 36.2 Å². The molecule has 29 heavy (non-hydrogen) atoms. The van der Waals surface area contributed by atoms with Crippen molar-refractivity contribution in [2.24, 2.45) is 0 Å². The van der Waals surface area contributed by atoms with Crippen molar-refractivity contribution in [3.63, 3.8) is 0 Å². The maximum absolute atomic E-state index is 13.5. The van der Waals surface area contributed by atoms with Crippen molar-refractivity contribution in [3.8, 4) is 5.75 Å². The van der Waals surface area contributed by atoms with E-state index in [4.69, 9.17) is 4.74 Å². The van der Waals surface area contributed by atoms with Crippen molar-refractivity contribution >= 4 is 23.1 Å². The fraction of sp³-hybridized carbons (Fsp3) is 0.304. The summed E-state index contributed by atoms with van der Waals surface area (Å²) >= 11 is 0. The molecule has 0 saturated carbocycles. The van der Waals surface area contributed by atoms with Crippen LogP contribution < -0.4 is 9.64 Å². The minimum atomic E-state index is -0.423. The number of aliphatic hydroxyl groups is 1. The summed E-state index contributed by atoms with van der Waals surface area (Å²) in [5.41, 5.74) is 3.74. The number of carbonyl (C=O) groups excluding carboxylic acids is 2. The molecule has 0 aromatic heterocycles. The topological polar surface area (TPSA) is 70.1 Å². The van der Waals surface area contributed by atoms with Crippen molar-refractivity contribution in [3.05, 3.63) is 64.9 Å². The molecule has 1 heterocycles. The van der Waals surface area contributed by atoms with Gasteiger partial charge in [0.25, 0.3) is 11.8 Å². The number of carbonyl (C=O) groups is 2. The molecule has 2 aromatic rings. The average molecular weight is 394 g/mol. The summed E-state index contributed by atoms with van der Waals surface area (Å²) in [5, 5.41) is 9.40. The van der Waals surface area contributed by atoms with E-state index in [1.165, 1.54) is 4.90 Å². The molecule has 0 spiro atoms. The molecule has 1 aliphatic rings. The van der Waals surface area contributed by atoms with Crippen LogP contribution in [0.5, 0.6) is 5.75 Å². The Hall–Kier alpha value is -3.12. The van der Waals surface area contributed by atoms with Gasteiger partial charge >= 0.3 is 0 Å². The highest BCUT2D eigenvalue weighted by molar-refractivity contribution is 6.45. The number of benzene rings is 2. The van der Waals surface area contributed by atoms with Gasteiger partial charge in [-0.3, -0.25) is 9.59 Å². The van der Waals surface area contributed by atoms with Crippen LogP contribution in [0.3, 0.4) is 0 Å². The summed E-state index contributed by atoms with van der Waals surface area (Å²) in [6.45, 7) is 6.29. The molecule has 0 atom stereocenters. The lowest BCUT2D eigenvalue weighted by molar-refractivity contribution is -0.120. The van der Waals surface area contributed by atoms with Crippen molar-refractivity contribution in [2.75, 3.05) is 31.7 Å². The third-order valence-electron chi connectivity index (χ3n) is 4.93. The fourth-order valence-corrected chi connectivity index (χ4v) is 3.61. The molecule has 0 unspecified atom stereocenters. The summed E-state index contributed by atoms with van der Waals surface area (Å²) in [6.07, 6.45) is 0. The van der Waals surface area contributed by atoms with E-state index < -0.39 is 11.8 Å². The Labute approximate surface area is 171 Å². The van der Waals surface area contributed by atoms with Crippen molar-refractivity contribution in [1.29, 1.82) is 0 Å². The SMILES string of the molecule is CCOc1ccccc1N1C(=O)C(c2ccc(C)cc2C)=C(N(C)CCO)C1=O. The second-order valence-electron chi connectivity index (χ2n) is 7.03. The number of rotatable bonds is 7. The minimum absolute atomic E-state index is 0.128. The lowest BCUT2D eigenvalue weighted by Crippen LogP contribution is -2.35. The third-order valence-corrected chi connectivity index (χ3v) is 4.93. The first kappa shape index (κ1) is 20.6. The number of hydrogen-bond donors (Lipinski definition) is 1. The van der Waals surface area contributed by atoms with Gasteiger partial charge in [0.15, 0.2) is 0 Å². The first-order valence-electron chi connectivity index (χ1n) is 9.65. The van der Waals surface area contributed by atoms with Gasteiger partial charge in [-0.25, -0.2) is 4.90 Å². The van der Waals surface area contributed by atoms with Crippen LogP contribution in [0.4, 0.5) is 5.69 Å². The molecule has 0 bridgehead atoms. The van der Waals surface area contributed by atoms with E-state index in [2.05, 4.69) is 0 Å². The van der Waals surface area contributed by atoms with Crippen LogP contribution in [-0.4, -0.2) is 48.6 Å². The molecule has 152 valence electrons. The van der Waals surface area contributed by atoms with Crippen molar-refractivity contribution in [2.45, 2.75) is 20.8 Å². The Morgan fingerprint density at radius 3 is 2.45 bits per heavy atom. The number of likely N-dealkylation sites (N-methyl/N-ethyl adjacent to an activating group) is 1. The monoisotopic (exact) mass is 394 g/mol. The lowest BCUT2D eigenvalue weighted by Gasteiger charge is -2.21. The Kier molecular flexibility index (Phi) is 6.03. The molecule has 2 aromatic carbocycles. The summed E-state index contributed by atoms with van der Waals surface area (Å²) in [7, 11) is 1.71. The van der Waals surface area contributed by atoms with Crippen LogP contribution >= 0.6 is 0 Å². The number of aryl methyl sites for hydroxylation is 2. The van der Waals surface area contributed by atoms with Gasteiger partial charge in [0.1, 0.15) is 11.4 Å². The summed E-state index contributed by atoms with van der Waals surface area (Å²) in [4.78, 5) is 29.8. The van der Waals surface area contributed by atoms with Gasteiger partial charge in [0.2, 0.25) is 0 Å². The highest BCUT2D eigenvalue weighted by Gasteiger charge is 2.43. The van der Waals surface area contributed by atoms with Crippen LogP contribution in [-0.2, 0) is 9.59 Å². The molecule has 1 aliphatic heterocycles. The standard InChI is InChI=1S/C23H26N2O4/c1-5-29-19-9-7-6-8-18(19)25-22(27)20(17-11-10-15(2)14-16(17)3)21(23(25)28)24(4)12-13-26/h6-11,14,26H,5,12-13H2,1-4H3. The van der Waals surface area contributed by atoms with Crippen molar-refractivity contribution < 1.29 is 19.4 Å². The van der Waals surface area contributed by atoms with E-state index >= 15 is 0 Å². The molecule has 0 radical (unpaired) electrons. The predicted octanol–water partition coefficient (Wildman–Crippen LogP) is 2.91. The molecular weight excluding hydrogens is 368 g/mol. The van der Waals surface area contributed by atoms with Gasteiger partial charge in [0, 0.05) is 13.6 Å². The highest BCUT2D eigenvalue weighted by atomic mass is 16.5. The highest BCUT2D eigenvalue weighted by Crippen LogP contribution is 2.39. The molecule has 6 heteroatoms. The van der Waals surface area contributed by atoms with E-state index in [1.807, 2.05) is 39.0 Å².